The molecule has 1 aliphatic heterocycles. The summed E-state index contributed by atoms with van der Waals surface area (Å²) < 4.78 is 6.90. The van der Waals surface area contributed by atoms with Gasteiger partial charge in [-0.15, -0.1) is 0 Å². The molecule has 11 rings (SSSR count). The summed E-state index contributed by atoms with van der Waals surface area (Å²) in [4.78, 5) is 0. The van der Waals surface area contributed by atoms with E-state index >= 15 is 0 Å². The first-order valence-electron chi connectivity index (χ1n) is 19.1. The zero-order chi connectivity index (χ0) is 36.4. The van der Waals surface area contributed by atoms with Crippen LogP contribution in [0.2, 0.25) is 0 Å². The molecule has 1 heterocycles. The molecule has 0 saturated heterocycles. The molecule has 0 amide bonds. The molecule has 1 nitrogen and oxygen atoms in total. The largest absolute Gasteiger partial charge is 0.457 e. The van der Waals surface area contributed by atoms with Gasteiger partial charge in [0.25, 0.3) is 0 Å². The van der Waals surface area contributed by atoms with Gasteiger partial charge in [0.05, 0.1) is 10.8 Å². The summed E-state index contributed by atoms with van der Waals surface area (Å²) in [7, 11) is 0. The number of ether oxygens (including phenoxy) is 1. The quantitative estimate of drug-likeness (QED) is 0.174. The third kappa shape index (κ3) is 4.54. The van der Waals surface area contributed by atoms with E-state index in [2.05, 4.69) is 218 Å². The second-order valence-corrected chi connectivity index (χ2v) is 14.8. The Hall–Kier alpha value is -6.96. The number of rotatable bonds is 5. The second kappa shape index (κ2) is 12.3. The molecular formula is C54H36O. The van der Waals surface area contributed by atoms with E-state index in [9.17, 15) is 0 Å². The van der Waals surface area contributed by atoms with Crippen molar-refractivity contribution in [3.8, 4) is 33.8 Å². The van der Waals surface area contributed by atoms with Crippen LogP contribution in [0.3, 0.4) is 0 Å². The molecule has 0 saturated carbocycles. The number of fused-ring (bicyclic) bond motifs is 6. The topological polar surface area (TPSA) is 9.23 Å². The first-order valence-corrected chi connectivity index (χ1v) is 19.1. The number of hydrogen-bond donors (Lipinski definition) is 0. The predicted molar refractivity (Wildman–Crippen MR) is 225 cm³/mol. The van der Waals surface area contributed by atoms with E-state index in [-0.39, 0.29) is 0 Å². The Balaban J connectivity index is 1.16. The van der Waals surface area contributed by atoms with Crippen molar-refractivity contribution in [1.29, 1.82) is 0 Å². The Kier molecular flexibility index (Phi) is 7.06. The Morgan fingerprint density at radius 2 is 0.709 bits per heavy atom. The summed E-state index contributed by atoms with van der Waals surface area (Å²) in [5.74, 6) is 1.75. The zero-order valence-corrected chi connectivity index (χ0v) is 30.2. The average Bonchev–Trinajstić information content (AvgIpc) is 3.55. The Labute approximate surface area is 321 Å². The maximum absolute atomic E-state index is 6.90. The van der Waals surface area contributed by atoms with Crippen molar-refractivity contribution in [2.45, 2.75) is 10.8 Å². The van der Waals surface area contributed by atoms with Gasteiger partial charge in [0, 0.05) is 11.1 Å². The summed E-state index contributed by atoms with van der Waals surface area (Å²) in [6, 6.07) is 79.9. The van der Waals surface area contributed by atoms with Crippen LogP contribution in [0.5, 0.6) is 11.5 Å². The molecule has 2 aliphatic rings. The smallest absolute Gasteiger partial charge is 0.132 e. The fraction of sp³-hybridized carbons (Fsp3) is 0.0370. The summed E-state index contributed by atoms with van der Waals surface area (Å²) >= 11 is 0. The van der Waals surface area contributed by atoms with E-state index in [1.807, 2.05) is 0 Å². The van der Waals surface area contributed by atoms with E-state index in [1.165, 1.54) is 55.3 Å². The normalized spacial score (nSPS) is 14.3. The fourth-order valence-corrected chi connectivity index (χ4v) is 9.74. The highest BCUT2D eigenvalue weighted by molar-refractivity contribution is 5.96. The monoisotopic (exact) mass is 700 g/mol. The molecule has 0 bridgehead atoms. The van der Waals surface area contributed by atoms with Crippen LogP contribution in [0, 0.1) is 0 Å². The Bertz CT molecular complexity index is 2800. The van der Waals surface area contributed by atoms with Crippen LogP contribution in [0.15, 0.2) is 218 Å². The van der Waals surface area contributed by atoms with Gasteiger partial charge < -0.3 is 4.74 Å². The first kappa shape index (κ1) is 31.6. The maximum atomic E-state index is 6.90. The van der Waals surface area contributed by atoms with Crippen molar-refractivity contribution >= 4 is 10.8 Å². The molecule has 0 fully saturated rings. The lowest BCUT2D eigenvalue weighted by atomic mass is 9.63. The van der Waals surface area contributed by atoms with Crippen molar-refractivity contribution < 1.29 is 4.74 Å². The lowest BCUT2D eigenvalue weighted by molar-refractivity contribution is 0.435. The molecule has 0 unspecified atom stereocenters. The lowest BCUT2D eigenvalue weighted by Gasteiger charge is -2.41. The minimum atomic E-state index is -0.553. The van der Waals surface area contributed by atoms with Crippen LogP contribution in [0.25, 0.3) is 33.0 Å². The predicted octanol–water partition coefficient (Wildman–Crippen LogP) is 13.4. The molecular weight excluding hydrogens is 665 g/mol. The van der Waals surface area contributed by atoms with Crippen molar-refractivity contribution in [2.24, 2.45) is 0 Å². The number of hydrogen-bond acceptors (Lipinski definition) is 1. The highest BCUT2D eigenvalue weighted by atomic mass is 16.5. The van der Waals surface area contributed by atoms with Crippen LogP contribution in [0.4, 0.5) is 0 Å². The van der Waals surface area contributed by atoms with Crippen LogP contribution in [0.1, 0.15) is 44.5 Å². The summed E-state index contributed by atoms with van der Waals surface area (Å²) in [6.07, 6.45) is 0. The van der Waals surface area contributed by atoms with E-state index < -0.39 is 10.8 Å². The lowest BCUT2D eigenvalue weighted by Crippen LogP contribution is -2.34. The van der Waals surface area contributed by atoms with Crippen molar-refractivity contribution in [1.82, 2.24) is 0 Å². The van der Waals surface area contributed by atoms with Gasteiger partial charge in [-0.05, 0) is 96.7 Å². The maximum Gasteiger partial charge on any atom is 0.132 e. The Morgan fingerprint density at radius 1 is 0.273 bits per heavy atom. The van der Waals surface area contributed by atoms with Gasteiger partial charge in [0.15, 0.2) is 0 Å². The van der Waals surface area contributed by atoms with Gasteiger partial charge in [-0.25, -0.2) is 0 Å². The summed E-state index contributed by atoms with van der Waals surface area (Å²) in [6.45, 7) is 0. The van der Waals surface area contributed by atoms with Crippen LogP contribution in [-0.2, 0) is 10.8 Å². The molecule has 1 heteroatoms. The molecule has 0 radical (unpaired) electrons. The second-order valence-electron chi connectivity index (χ2n) is 14.8. The van der Waals surface area contributed by atoms with Crippen molar-refractivity contribution in [3.05, 3.63) is 263 Å². The first-order chi connectivity index (χ1) is 27.3. The minimum Gasteiger partial charge on any atom is -0.457 e. The number of para-hydroxylation sites is 1. The van der Waals surface area contributed by atoms with E-state index in [0.717, 1.165) is 33.8 Å². The van der Waals surface area contributed by atoms with Gasteiger partial charge >= 0.3 is 0 Å². The fourth-order valence-electron chi connectivity index (χ4n) is 9.74. The van der Waals surface area contributed by atoms with Gasteiger partial charge in [-0.2, -0.15) is 0 Å². The third-order valence-corrected chi connectivity index (χ3v) is 12.1. The molecule has 0 N–H and O–H groups in total. The highest BCUT2D eigenvalue weighted by Crippen LogP contribution is 2.59. The van der Waals surface area contributed by atoms with E-state index in [1.54, 1.807) is 0 Å². The van der Waals surface area contributed by atoms with Crippen molar-refractivity contribution in [3.63, 3.8) is 0 Å². The standard InChI is InChI=1S/C54H36O/c1-5-19-41(20-6-1)53(42-21-7-2-8-22-42)47-27-15-16-28-51(47)55-52-36-40(30-32-48(52)53)39-29-31-45-46-33-37-17-13-14-18-38(37)34-50(46)54(49(45)35-39,43-23-9-3-10-24-43)44-25-11-4-12-26-44/h1-36H. The van der Waals surface area contributed by atoms with Gasteiger partial charge in [0.1, 0.15) is 11.5 Å². The summed E-state index contributed by atoms with van der Waals surface area (Å²) in [5, 5.41) is 2.50. The highest BCUT2D eigenvalue weighted by Gasteiger charge is 2.47. The van der Waals surface area contributed by atoms with Crippen LogP contribution >= 0.6 is 0 Å². The van der Waals surface area contributed by atoms with Crippen molar-refractivity contribution in [2.75, 3.05) is 0 Å². The van der Waals surface area contributed by atoms with E-state index in [0.29, 0.717) is 0 Å². The SMILES string of the molecule is c1ccc(C2(c3ccccc3)c3ccccc3Oc3cc(-c4ccc5c(c4)C(c4ccccc4)(c4ccccc4)c4cc6ccccc6cc4-5)ccc32)cc1. The molecule has 9 aromatic carbocycles. The summed E-state index contributed by atoms with van der Waals surface area (Å²) in [5.41, 5.74) is 13.6. The zero-order valence-electron chi connectivity index (χ0n) is 30.2. The van der Waals surface area contributed by atoms with Gasteiger partial charge in [-0.1, -0.05) is 188 Å². The van der Waals surface area contributed by atoms with Gasteiger partial charge in [-0.3, -0.25) is 0 Å². The molecule has 0 atom stereocenters. The van der Waals surface area contributed by atoms with E-state index in [4.69, 9.17) is 4.74 Å². The molecule has 0 spiro atoms. The molecule has 258 valence electrons. The molecule has 1 aliphatic carbocycles. The molecule has 0 aromatic heterocycles. The Morgan fingerprint density at radius 3 is 1.31 bits per heavy atom. The third-order valence-electron chi connectivity index (χ3n) is 12.1. The minimum absolute atomic E-state index is 0.507. The van der Waals surface area contributed by atoms with Crippen LogP contribution in [-0.4, -0.2) is 0 Å². The number of benzene rings is 9. The molecule has 9 aromatic rings. The van der Waals surface area contributed by atoms with Crippen LogP contribution < -0.4 is 4.74 Å². The van der Waals surface area contributed by atoms with Gasteiger partial charge in [0.2, 0.25) is 0 Å². The average molecular weight is 701 g/mol. The molecule has 55 heavy (non-hydrogen) atoms.